The minimum atomic E-state index is -4.02. The third-order valence-electron chi connectivity index (χ3n) is 4.97. The Labute approximate surface area is 191 Å². The number of nitrogens with one attached hydrogen (secondary N) is 1. The van der Waals surface area contributed by atoms with Crippen LogP contribution in [0.5, 0.6) is 0 Å². The number of halogens is 1. The quantitative estimate of drug-likeness (QED) is 0.362. The fourth-order valence-corrected chi connectivity index (χ4v) is 3.90. The zero-order chi connectivity index (χ0) is 23.4. The normalized spacial score (nSPS) is 11.7. The molecule has 0 aliphatic rings. The molecule has 9 nitrogen and oxygen atoms in total. The summed E-state index contributed by atoms with van der Waals surface area (Å²) in [6, 6.07) is 15.1. The highest BCUT2D eigenvalue weighted by Gasteiger charge is 2.18. The van der Waals surface area contributed by atoms with Crippen molar-refractivity contribution in [3.63, 3.8) is 0 Å². The van der Waals surface area contributed by atoms with Gasteiger partial charge in [-0.3, -0.25) is 4.68 Å². The highest BCUT2D eigenvalue weighted by atomic mass is 32.2. The Kier molecular flexibility index (Phi) is 6.63. The molecule has 3 N–H and O–H groups in total. The van der Waals surface area contributed by atoms with Gasteiger partial charge in [-0.05, 0) is 36.8 Å². The van der Waals surface area contributed by atoms with Gasteiger partial charge in [-0.2, -0.15) is 5.10 Å². The van der Waals surface area contributed by atoms with E-state index in [1.807, 2.05) is 54.2 Å². The Morgan fingerprint density at radius 2 is 1.88 bits per heavy atom. The lowest BCUT2D eigenvalue weighted by atomic mass is 10.1. The van der Waals surface area contributed by atoms with E-state index in [1.165, 1.54) is 16.8 Å². The average molecular weight is 470 g/mol. The van der Waals surface area contributed by atoms with Crippen molar-refractivity contribution >= 4 is 10.0 Å². The van der Waals surface area contributed by atoms with Crippen molar-refractivity contribution in [2.75, 3.05) is 6.54 Å². The number of nitrogens with zero attached hydrogens (tertiary/aromatic N) is 5. The second-order valence-corrected chi connectivity index (χ2v) is 9.14. The lowest BCUT2D eigenvalue weighted by Gasteiger charge is -2.08. The van der Waals surface area contributed by atoms with Crippen LogP contribution in [-0.4, -0.2) is 39.5 Å². The van der Waals surface area contributed by atoms with E-state index in [0.29, 0.717) is 37.7 Å². The van der Waals surface area contributed by atoms with E-state index in [0.717, 1.165) is 17.3 Å². The molecule has 4 rings (SSSR count). The van der Waals surface area contributed by atoms with Crippen LogP contribution < -0.4 is 10.5 Å². The summed E-state index contributed by atoms with van der Waals surface area (Å²) in [7, 11) is -4.02. The molecule has 0 fully saturated rings. The Morgan fingerprint density at radius 3 is 2.55 bits per heavy atom. The largest absolute Gasteiger partial charge is 0.308 e. The summed E-state index contributed by atoms with van der Waals surface area (Å²) in [6.07, 6.45) is 2.34. The maximum absolute atomic E-state index is 14.9. The topological polar surface area (TPSA) is 121 Å². The number of benzene rings is 2. The molecule has 2 heterocycles. The monoisotopic (exact) mass is 469 g/mol. The van der Waals surface area contributed by atoms with Gasteiger partial charge in [-0.15, -0.1) is 5.10 Å². The standard InChI is InChI=1S/C22H24FN7O2S/c1-16-9-11-29(27-16)12-10-25-15-21-26-22(13-17-5-3-2-4-6-17)30(28-21)20-8-7-18(14-19(20)23)33(24,31)32/h2-9,11,14,25H,10,12-13,15H2,1H3,(H2,24,31,32). The van der Waals surface area contributed by atoms with Crippen LogP contribution in [0.15, 0.2) is 65.7 Å². The zero-order valence-corrected chi connectivity index (χ0v) is 18.8. The Hall–Kier alpha value is -3.41. The molecule has 2 aromatic carbocycles. The summed E-state index contributed by atoms with van der Waals surface area (Å²) in [5.41, 5.74) is 2.04. The van der Waals surface area contributed by atoms with Crippen LogP contribution in [0.3, 0.4) is 0 Å². The van der Waals surface area contributed by atoms with E-state index in [9.17, 15) is 12.8 Å². The third-order valence-corrected chi connectivity index (χ3v) is 5.88. The molecule has 0 saturated carbocycles. The second kappa shape index (κ2) is 9.61. The van der Waals surface area contributed by atoms with Crippen LogP contribution >= 0.6 is 0 Å². The van der Waals surface area contributed by atoms with Crippen molar-refractivity contribution in [2.24, 2.45) is 5.14 Å². The van der Waals surface area contributed by atoms with Gasteiger partial charge in [0.05, 0.1) is 23.7 Å². The van der Waals surface area contributed by atoms with E-state index >= 15 is 0 Å². The molecule has 0 bridgehead atoms. The van der Waals surface area contributed by atoms with Gasteiger partial charge in [-0.25, -0.2) is 27.6 Å². The van der Waals surface area contributed by atoms with Crippen LogP contribution in [0.25, 0.3) is 5.69 Å². The summed E-state index contributed by atoms with van der Waals surface area (Å²) in [5, 5.41) is 17.2. The van der Waals surface area contributed by atoms with Gasteiger partial charge in [0.1, 0.15) is 17.3 Å². The summed E-state index contributed by atoms with van der Waals surface area (Å²) >= 11 is 0. The molecule has 0 radical (unpaired) electrons. The molecule has 11 heteroatoms. The summed E-state index contributed by atoms with van der Waals surface area (Å²) in [4.78, 5) is 4.30. The molecular weight excluding hydrogens is 445 g/mol. The zero-order valence-electron chi connectivity index (χ0n) is 18.0. The lowest BCUT2D eigenvalue weighted by molar-refractivity contribution is 0.544. The molecule has 2 aromatic heterocycles. The second-order valence-electron chi connectivity index (χ2n) is 7.57. The van der Waals surface area contributed by atoms with E-state index in [-0.39, 0.29) is 10.6 Å². The van der Waals surface area contributed by atoms with Crippen molar-refractivity contribution in [1.29, 1.82) is 0 Å². The highest BCUT2D eigenvalue weighted by Crippen LogP contribution is 2.20. The van der Waals surface area contributed by atoms with Gasteiger partial charge < -0.3 is 5.32 Å². The van der Waals surface area contributed by atoms with Gasteiger partial charge in [0, 0.05) is 19.2 Å². The molecule has 33 heavy (non-hydrogen) atoms. The van der Waals surface area contributed by atoms with Crippen LogP contribution in [-0.2, 0) is 29.5 Å². The van der Waals surface area contributed by atoms with Crippen LogP contribution in [0, 0.1) is 12.7 Å². The molecule has 0 unspecified atom stereocenters. The van der Waals surface area contributed by atoms with Crippen molar-refractivity contribution in [1.82, 2.24) is 29.9 Å². The summed E-state index contributed by atoms with van der Waals surface area (Å²) in [6.45, 7) is 3.66. The number of nitrogens with two attached hydrogens (primary N) is 1. The number of aryl methyl sites for hydroxylation is 1. The number of hydrogen-bond donors (Lipinski definition) is 2. The molecule has 0 atom stereocenters. The maximum atomic E-state index is 14.9. The van der Waals surface area contributed by atoms with Crippen LogP contribution in [0.4, 0.5) is 4.39 Å². The third kappa shape index (κ3) is 5.69. The minimum absolute atomic E-state index is 0.0964. The fourth-order valence-electron chi connectivity index (χ4n) is 3.37. The van der Waals surface area contributed by atoms with Gasteiger partial charge in [0.15, 0.2) is 5.82 Å². The van der Waals surface area contributed by atoms with E-state index in [1.54, 1.807) is 0 Å². The van der Waals surface area contributed by atoms with E-state index in [2.05, 4.69) is 20.5 Å². The smallest absolute Gasteiger partial charge is 0.238 e. The molecule has 4 aromatic rings. The first-order valence-corrected chi connectivity index (χ1v) is 11.9. The van der Waals surface area contributed by atoms with Crippen LogP contribution in [0.2, 0.25) is 0 Å². The Bertz CT molecular complexity index is 1350. The number of aromatic nitrogens is 5. The molecule has 0 spiro atoms. The molecule has 172 valence electrons. The maximum Gasteiger partial charge on any atom is 0.238 e. The van der Waals surface area contributed by atoms with E-state index < -0.39 is 15.8 Å². The fraction of sp³-hybridized carbons (Fsp3) is 0.227. The highest BCUT2D eigenvalue weighted by molar-refractivity contribution is 7.89. The number of hydrogen-bond acceptors (Lipinski definition) is 6. The number of primary sulfonamides is 1. The predicted molar refractivity (Wildman–Crippen MR) is 121 cm³/mol. The predicted octanol–water partition coefficient (Wildman–Crippen LogP) is 1.94. The van der Waals surface area contributed by atoms with Crippen molar-refractivity contribution < 1.29 is 12.8 Å². The molecule has 0 aliphatic carbocycles. The molecule has 0 saturated heterocycles. The molecular formula is C22H24FN7O2S. The Morgan fingerprint density at radius 1 is 1.09 bits per heavy atom. The van der Waals surface area contributed by atoms with Crippen molar-refractivity contribution in [3.05, 3.63) is 89.5 Å². The minimum Gasteiger partial charge on any atom is -0.308 e. The molecule has 0 aliphatic heterocycles. The van der Waals surface area contributed by atoms with Gasteiger partial charge in [0.2, 0.25) is 10.0 Å². The molecule has 0 amide bonds. The van der Waals surface area contributed by atoms with Crippen molar-refractivity contribution in [2.45, 2.75) is 31.3 Å². The van der Waals surface area contributed by atoms with Gasteiger partial charge in [-0.1, -0.05) is 30.3 Å². The summed E-state index contributed by atoms with van der Waals surface area (Å²) < 4.78 is 41.2. The van der Waals surface area contributed by atoms with Gasteiger partial charge >= 0.3 is 0 Å². The first-order chi connectivity index (χ1) is 15.8. The van der Waals surface area contributed by atoms with Crippen molar-refractivity contribution in [3.8, 4) is 5.69 Å². The Balaban J connectivity index is 1.57. The number of rotatable bonds is 9. The first kappa shape index (κ1) is 22.8. The first-order valence-electron chi connectivity index (χ1n) is 10.3. The van der Waals surface area contributed by atoms with E-state index in [4.69, 9.17) is 5.14 Å². The SMILES string of the molecule is Cc1ccn(CCNCc2nc(Cc3ccccc3)n(-c3ccc(S(N)(=O)=O)cc3F)n2)n1. The number of sulfonamides is 1. The average Bonchev–Trinajstić information content (AvgIpc) is 3.37. The van der Waals surface area contributed by atoms with Gasteiger partial charge in [0.25, 0.3) is 0 Å². The van der Waals surface area contributed by atoms with Crippen LogP contribution in [0.1, 0.15) is 22.9 Å². The summed E-state index contributed by atoms with van der Waals surface area (Å²) in [5.74, 6) is 0.268. The lowest BCUT2D eigenvalue weighted by Crippen LogP contribution is -2.20.